The molecule has 1 aromatic heterocycles. The number of hydrogen-bond donors (Lipinski definition) is 0. The predicted molar refractivity (Wildman–Crippen MR) is 83.7 cm³/mol. The van der Waals surface area contributed by atoms with E-state index in [9.17, 15) is 13.2 Å². The van der Waals surface area contributed by atoms with Crippen molar-refractivity contribution >= 4 is 11.6 Å². The fourth-order valence-electron chi connectivity index (χ4n) is 2.25. The van der Waals surface area contributed by atoms with Gasteiger partial charge >= 0.3 is 6.18 Å². The van der Waals surface area contributed by atoms with Crippen molar-refractivity contribution in [1.29, 1.82) is 0 Å². The summed E-state index contributed by atoms with van der Waals surface area (Å²) >= 11 is 5.95. The number of aryl methyl sites for hydroxylation is 1. The Bertz CT molecular complexity index is 836. The number of nitrogens with zero attached hydrogens (tertiary/aromatic N) is 2. The fraction of sp³-hybridized carbons (Fsp3) is 0.118. The van der Waals surface area contributed by atoms with Crippen LogP contribution < -0.4 is 0 Å². The van der Waals surface area contributed by atoms with Gasteiger partial charge in [-0.05, 0) is 31.2 Å². The summed E-state index contributed by atoms with van der Waals surface area (Å²) in [7, 11) is 0. The van der Waals surface area contributed by atoms with Gasteiger partial charge in [0.15, 0.2) is 5.69 Å². The lowest BCUT2D eigenvalue weighted by Gasteiger charge is -2.08. The maximum absolute atomic E-state index is 13.1. The normalized spacial score (nSPS) is 11.7. The Morgan fingerprint density at radius 2 is 1.70 bits per heavy atom. The Morgan fingerprint density at radius 3 is 2.30 bits per heavy atom. The number of hydrogen-bond acceptors (Lipinski definition) is 1. The molecule has 0 fully saturated rings. The lowest BCUT2D eigenvalue weighted by molar-refractivity contribution is -0.141. The lowest BCUT2D eigenvalue weighted by atomic mass is 10.1. The first-order valence-electron chi connectivity index (χ1n) is 6.85. The van der Waals surface area contributed by atoms with Crippen LogP contribution in [0.15, 0.2) is 54.6 Å². The van der Waals surface area contributed by atoms with Crippen molar-refractivity contribution < 1.29 is 13.2 Å². The molecule has 3 aromatic rings. The molecule has 6 heteroatoms. The number of aromatic nitrogens is 2. The number of benzene rings is 2. The average molecular weight is 337 g/mol. The predicted octanol–water partition coefficient (Wildman–Crippen LogP) is 5.52. The van der Waals surface area contributed by atoms with E-state index in [2.05, 4.69) is 5.10 Å². The van der Waals surface area contributed by atoms with Crippen LogP contribution in [-0.2, 0) is 6.18 Å². The Kier molecular flexibility index (Phi) is 3.90. The van der Waals surface area contributed by atoms with E-state index in [1.54, 1.807) is 36.4 Å². The molecule has 0 N–H and O–H groups in total. The number of halogens is 4. The van der Waals surface area contributed by atoms with Gasteiger partial charge in [-0.15, -0.1) is 0 Å². The summed E-state index contributed by atoms with van der Waals surface area (Å²) in [4.78, 5) is 0. The van der Waals surface area contributed by atoms with Crippen molar-refractivity contribution in [3.05, 3.63) is 70.9 Å². The quantitative estimate of drug-likeness (QED) is 0.602. The number of rotatable bonds is 2. The summed E-state index contributed by atoms with van der Waals surface area (Å²) in [5.41, 5.74) is 1.58. The highest BCUT2D eigenvalue weighted by Gasteiger charge is 2.35. The van der Waals surface area contributed by atoms with Gasteiger partial charge in [0.2, 0.25) is 0 Å². The van der Waals surface area contributed by atoms with Gasteiger partial charge in [-0.1, -0.05) is 47.5 Å². The van der Waals surface area contributed by atoms with Crippen LogP contribution in [0.2, 0.25) is 5.02 Å². The molecule has 118 valence electrons. The van der Waals surface area contributed by atoms with E-state index in [0.29, 0.717) is 22.0 Å². The van der Waals surface area contributed by atoms with Crippen LogP contribution in [0, 0.1) is 6.92 Å². The molecule has 0 spiro atoms. The summed E-state index contributed by atoms with van der Waals surface area (Å²) in [6.45, 7) is 1.92. The molecular weight excluding hydrogens is 325 g/mol. The van der Waals surface area contributed by atoms with Gasteiger partial charge in [-0.25, -0.2) is 4.68 Å². The smallest absolute Gasteiger partial charge is 0.232 e. The molecule has 0 saturated carbocycles. The second kappa shape index (κ2) is 5.74. The first-order chi connectivity index (χ1) is 10.8. The van der Waals surface area contributed by atoms with Gasteiger partial charge in [0.05, 0.1) is 11.4 Å². The number of alkyl halides is 3. The summed E-state index contributed by atoms with van der Waals surface area (Å²) in [6.07, 6.45) is -4.51. The molecule has 23 heavy (non-hydrogen) atoms. The van der Waals surface area contributed by atoms with Crippen molar-refractivity contribution in [3.8, 4) is 16.9 Å². The van der Waals surface area contributed by atoms with Crippen LogP contribution in [0.4, 0.5) is 13.2 Å². The molecule has 0 radical (unpaired) electrons. The third-order valence-electron chi connectivity index (χ3n) is 3.40. The van der Waals surface area contributed by atoms with Gasteiger partial charge in [0.1, 0.15) is 0 Å². The summed E-state index contributed by atoms with van der Waals surface area (Å²) in [5, 5.41) is 4.16. The zero-order chi connectivity index (χ0) is 16.6. The molecule has 0 aliphatic carbocycles. The first-order valence-corrected chi connectivity index (χ1v) is 7.22. The minimum Gasteiger partial charge on any atom is -0.232 e. The molecule has 3 rings (SSSR count). The van der Waals surface area contributed by atoms with Gasteiger partial charge in [0, 0.05) is 10.6 Å². The Hall–Kier alpha value is -2.27. The van der Waals surface area contributed by atoms with Crippen LogP contribution in [0.1, 0.15) is 11.3 Å². The standard InChI is InChI=1S/C17H12ClF3N2/c1-11-5-7-12(8-6-11)15-10-16(17(19,20)21)22-23(15)14-4-2-3-13(18)9-14/h2-10H,1H3. The van der Waals surface area contributed by atoms with Crippen LogP contribution in [-0.4, -0.2) is 9.78 Å². The summed E-state index contributed by atoms with van der Waals surface area (Å²) < 4.78 is 40.4. The molecular formula is C17H12ClF3N2. The van der Waals surface area contributed by atoms with Crippen LogP contribution in [0.25, 0.3) is 16.9 Å². The monoisotopic (exact) mass is 336 g/mol. The topological polar surface area (TPSA) is 17.8 Å². The first kappa shape index (κ1) is 15.6. The van der Waals surface area contributed by atoms with Gasteiger partial charge in [-0.3, -0.25) is 0 Å². The highest BCUT2D eigenvalue weighted by molar-refractivity contribution is 6.30. The van der Waals surface area contributed by atoms with Crippen LogP contribution in [0.5, 0.6) is 0 Å². The minimum atomic E-state index is -4.51. The zero-order valence-electron chi connectivity index (χ0n) is 12.1. The van der Waals surface area contributed by atoms with Crippen molar-refractivity contribution in [1.82, 2.24) is 9.78 Å². The molecule has 1 heterocycles. The highest BCUT2D eigenvalue weighted by Crippen LogP contribution is 2.33. The molecule has 0 unspecified atom stereocenters. The SMILES string of the molecule is Cc1ccc(-c2cc(C(F)(F)F)nn2-c2cccc(Cl)c2)cc1. The second-order valence-electron chi connectivity index (χ2n) is 5.17. The van der Waals surface area contributed by atoms with Gasteiger partial charge < -0.3 is 0 Å². The van der Waals surface area contributed by atoms with Crippen molar-refractivity contribution in [2.24, 2.45) is 0 Å². The molecule has 0 aliphatic rings. The van der Waals surface area contributed by atoms with Gasteiger partial charge in [-0.2, -0.15) is 18.3 Å². The van der Waals surface area contributed by atoms with Crippen molar-refractivity contribution in [2.45, 2.75) is 13.1 Å². The van der Waals surface area contributed by atoms with E-state index in [1.807, 2.05) is 19.1 Å². The highest BCUT2D eigenvalue weighted by atomic mass is 35.5. The van der Waals surface area contributed by atoms with E-state index < -0.39 is 11.9 Å². The second-order valence-corrected chi connectivity index (χ2v) is 5.61. The third kappa shape index (κ3) is 3.24. The Morgan fingerprint density at radius 1 is 1.00 bits per heavy atom. The fourth-order valence-corrected chi connectivity index (χ4v) is 2.44. The Balaban J connectivity index is 2.21. The molecule has 0 atom stereocenters. The van der Waals surface area contributed by atoms with E-state index >= 15 is 0 Å². The summed E-state index contributed by atoms with van der Waals surface area (Å²) in [6, 6.07) is 14.8. The lowest BCUT2D eigenvalue weighted by Crippen LogP contribution is -2.07. The zero-order valence-corrected chi connectivity index (χ0v) is 12.9. The van der Waals surface area contributed by atoms with Crippen molar-refractivity contribution in [2.75, 3.05) is 0 Å². The van der Waals surface area contributed by atoms with E-state index in [1.165, 1.54) is 4.68 Å². The van der Waals surface area contributed by atoms with Gasteiger partial charge in [0.25, 0.3) is 0 Å². The minimum absolute atomic E-state index is 0.361. The summed E-state index contributed by atoms with van der Waals surface area (Å²) in [5.74, 6) is 0. The van der Waals surface area contributed by atoms with E-state index in [0.717, 1.165) is 11.6 Å². The maximum Gasteiger partial charge on any atom is 0.435 e. The molecule has 0 amide bonds. The molecule has 0 bridgehead atoms. The molecule has 2 nitrogen and oxygen atoms in total. The van der Waals surface area contributed by atoms with Crippen LogP contribution >= 0.6 is 11.6 Å². The van der Waals surface area contributed by atoms with E-state index in [4.69, 9.17) is 11.6 Å². The maximum atomic E-state index is 13.1. The molecule has 2 aromatic carbocycles. The Labute approximate surface area is 136 Å². The van der Waals surface area contributed by atoms with Crippen molar-refractivity contribution in [3.63, 3.8) is 0 Å². The molecule has 0 saturated heterocycles. The third-order valence-corrected chi connectivity index (χ3v) is 3.63. The largest absolute Gasteiger partial charge is 0.435 e. The van der Waals surface area contributed by atoms with E-state index in [-0.39, 0.29) is 0 Å². The average Bonchev–Trinajstić information content (AvgIpc) is 2.93. The molecule has 0 aliphatic heterocycles. The van der Waals surface area contributed by atoms with Crippen LogP contribution in [0.3, 0.4) is 0 Å².